The summed E-state index contributed by atoms with van der Waals surface area (Å²) in [5.41, 5.74) is 7.76. The lowest BCUT2D eigenvalue weighted by Crippen LogP contribution is -2.30. The van der Waals surface area contributed by atoms with Gasteiger partial charge in [-0.1, -0.05) is 6.07 Å². The third kappa shape index (κ3) is 4.63. The van der Waals surface area contributed by atoms with Crippen molar-refractivity contribution in [3.05, 3.63) is 23.8 Å². The van der Waals surface area contributed by atoms with Gasteiger partial charge in [0.2, 0.25) is 0 Å². The van der Waals surface area contributed by atoms with Crippen LogP contribution < -0.4 is 15.8 Å². The maximum absolute atomic E-state index is 5.86. The first-order valence-corrected chi connectivity index (χ1v) is 5.82. The number of hydrogen-bond donors (Lipinski definition) is 2. The highest BCUT2D eigenvalue weighted by Crippen LogP contribution is 2.22. The van der Waals surface area contributed by atoms with E-state index in [-0.39, 0.29) is 0 Å². The standard InChI is InChI=1S/C13H22N2O2/c1-10(15-6-7-16-2)8-11-4-5-13(17-3)12(14)9-11/h4-5,9-10,15H,6-8,14H2,1-3H3. The molecule has 1 aromatic carbocycles. The van der Waals surface area contributed by atoms with Gasteiger partial charge in [-0.05, 0) is 31.0 Å². The molecule has 17 heavy (non-hydrogen) atoms. The molecule has 4 heteroatoms. The Hall–Kier alpha value is -1.26. The number of anilines is 1. The van der Waals surface area contributed by atoms with E-state index in [9.17, 15) is 0 Å². The van der Waals surface area contributed by atoms with E-state index in [1.807, 2.05) is 18.2 Å². The quantitative estimate of drug-likeness (QED) is 0.557. The van der Waals surface area contributed by atoms with Gasteiger partial charge in [0.25, 0.3) is 0 Å². The fourth-order valence-electron chi connectivity index (χ4n) is 1.74. The Morgan fingerprint density at radius 2 is 2.12 bits per heavy atom. The molecule has 1 aromatic rings. The maximum Gasteiger partial charge on any atom is 0.141 e. The first-order valence-electron chi connectivity index (χ1n) is 5.82. The van der Waals surface area contributed by atoms with Crippen LogP contribution in [0.4, 0.5) is 5.69 Å². The Kier molecular flexibility index (Phi) is 5.80. The van der Waals surface area contributed by atoms with Crippen molar-refractivity contribution in [1.29, 1.82) is 0 Å². The van der Waals surface area contributed by atoms with Crippen LogP contribution in [0.5, 0.6) is 5.75 Å². The highest BCUT2D eigenvalue weighted by molar-refractivity contribution is 5.54. The van der Waals surface area contributed by atoms with Crippen molar-refractivity contribution in [2.75, 3.05) is 33.1 Å². The molecule has 0 saturated carbocycles. The molecule has 1 atom stereocenters. The van der Waals surface area contributed by atoms with Crippen LogP contribution in [0.2, 0.25) is 0 Å². The van der Waals surface area contributed by atoms with Crippen molar-refractivity contribution in [2.45, 2.75) is 19.4 Å². The van der Waals surface area contributed by atoms with E-state index in [1.165, 1.54) is 5.56 Å². The monoisotopic (exact) mass is 238 g/mol. The summed E-state index contributed by atoms with van der Waals surface area (Å²) >= 11 is 0. The number of benzene rings is 1. The third-order valence-electron chi connectivity index (χ3n) is 2.63. The topological polar surface area (TPSA) is 56.5 Å². The van der Waals surface area contributed by atoms with Gasteiger partial charge in [-0.3, -0.25) is 0 Å². The van der Waals surface area contributed by atoms with Gasteiger partial charge in [0.05, 0.1) is 19.4 Å². The van der Waals surface area contributed by atoms with E-state index >= 15 is 0 Å². The first kappa shape index (κ1) is 13.8. The van der Waals surface area contributed by atoms with E-state index in [4.69, 9.17) is 15.2 Å². The van der Waals surface area contributed by atoms with Crippen LogP contribution in [-0.4, -0.2) is 33.4 Å². The summed E-state index contributed by atoms with van der Waals surface area (Å²) in [6, 6.07) is 6.32. The van der Waals surface area contributed by atoms with Crippen molar-refractivity contribution in [2.24, 2.45) is 0 Å². The largest absolute Gasteiger partial charge is 0.495 e. The van der Waals surface area contributed by atoms with Gasteiger partial charge in [0.1, 0.15) is 5.75 Å². The number of hydrogen-bond acceptors (Lipinski definition) is 4. The van der Waals surface area contributed by atoms with E-state index in [1.54, 1.807) is 14.2 Å². The second-order valence-corrected chi connectivity index (χ2v) is 4.13. The zero-order valence-electron chi connectivity index (χ0n) is 10.8. The van der Waals surface area contributed by atoms with Gasteiger partial charge in [-0.15, -0.1) is 0 Å². The van der Waals surface area contributed by atoms with Gasteiger partial charge in [0.15, 0.2) is 0 Å². The molecule has 0 aliphatic carbocycles. The van der Waals surface area contributed by atoms with Crippen molar-refractivity contribution in [1.82, 2.24) is 5.32 Å². The van der Waals surface area contributed by atoms with Crippen LogP contribution in [0, 0.1) is 0 Å². The first-order chi connectivity index (χ1) is 8.17. The highest BCUT2D eigenvalue weighted by atomic mass is 16.5. The molecule has 0 aliphatic heterocycles. The van der Waals surface area contributed by atoms with E-state index in [0.717, 1.165) is 25.3 Å². The Morgan fingerprint density at radius 1 is 1.35 bits per heavy atom. The molecule has 0 amide bonds. The van der Waals surface area contributed by atoms with Gasteiger partial charge in [-0.25, -0.2) is 0 Å². The third-order valence-corrected chi connectivity index (χ3v) is 2.63. The smallest absolute Gasteiger partial charge is 0.141 e. The summed E-state index contributed by atoms with van der Waals surface area (Å²) in [5, 5.41) is 3.38. The Morgan fingerprint density at radius 3 is 2.71 bits per heavy atom. The predicted octanol–water partition coefficient (Wildman–Crippen LogP) is 1.44. The lowest BCUT2D eigenvalue weighted by Gasteiger charge is -2.14. The number of rotatable bonds is 7. The SMILES string of the molecule is COCCNC(C)Cc1ccc(OC)c(N)c1. The average molecular weight is 238 g/mol. The number of nitrogen functional groups attached to an aromatic ring is 1. The summed E-state index contributed by atoms with van der Waals surface area (Å²) < 4.78 is 10.1. The van der Waals surface area contributed by atoms with Gasteiger partial charge < -0.3 is 20.5 Å². The number of methoxy groups -OCH3 is 2. The summed E-state index contributed by atoms with van der Waals surface area (Å²) in [6.45, 7) is 3.74. The van der Waals surface area contributed by atoms with E-state index in [2.05, 4.69) is 12.2 Å². The summed E-state index contributed by atoms with van der Waals surface area (Å²) in [5.74, 6) is 0.730. The van der Waals surface area contributed by atoms with Gasteiger partial charge >= 0.3 is 0 Å². The van der Waals surface area contributed by atoms with Crippen molar-refractivity contribution >= 4 is 5.69 Å². The van der Waals surface area contributed by atoms with Crippen LogP contribution in [0.15, 0.2) is 18.2 Å². The maximum atomic E-state index is 5.86. The zero-order chi connectivity index (χ0) is 12.7. The summed E-state index contributed by atoms with van der Waals surface area (Å²) in [4.78, 5) is 0. The zero-order valence-corrected chi connectivity index (χ0v) is 10.8. The molecule has 3 N–H and O–H groups in total. The van der Waals surface area contributed by atoms with E-state index < -0.39 is 0 Å². The van der Waals surface area contributed by atoms with Crippen LogP contribution in [0.1, 0.15) is 12.5 Å². The average Bonchev–Trinajstić information content (AvgIpc) is 2.29. The molecule has 0 radical (unpaired) electrons. The second-order valence-electron chi connectivity index (χ2n) is 4.13. The Labute approximate surface area is 103 Å². The number of ether oxygens (including phenoxy) is 2. The van der Waals surface area contributed by atoms with Gasteiger partial charge in [0, 0.05) is 19.7 Å². The highest BCUT2D eigenvalue weighted by Gasteiger charge is 2.05. The molecular formula is C13H22N2O2. The summed E-state index contributed by atoms with van der Waals surface area (Å²) in [7, 11) is 3.33. The fourth-order valence-corrected chi connectivity index (χ4v) is 1.74. The van der Waals surface area contributed by atoms with Crippen molar-refractivity contribution in [3.63, 3.8) is 0 Å². The molecule has 0 fully saturated rings. The van der Waals surface area contributed by atoms with Crippen LogP contribution in [0.25, 0.3) is 0 Å². The molecule has 0 saturated heterocycles. The molecule has 96 valence electrons. The second kappa shape index (κ2) is 7.14. The van der Waals surface area contributed by atoms with E-state index in [0.29, 0.717) is 11.7 Å². The minimum atomic E-state index is 0.401. The lowest BCUT2D eigenvalue weighted by atomic mass is 10.1. The fraction of sp³-hybridized carbons (Fsp3) is 0.538. The molecule has 0 aliphatic rings. The molecule has 0 bridgehead atoms. The summed E-state index contributed by atoms with van der Waals surface area (Å²) in [6.07, 6.45) is 0.942. The number of nitrogens with one attached hydrogen (secondary N) is 1. The molecule has 1 unspecified atom stereocenters. The van der Waals surface area contributed by atoms with Crippen LogP contribution >= 0.6 is 0 Å². The normalized spacial score (nSPS) is 12.4. The van der Waals surface area contributed by atoms with Crippen molar-refractivity contribution in [3.8, 4) is 5.75 Å². The minimum absolute atomic E-state index is 0.401. The van der Waals surface area contributed by atoms with Crippen molar-refractivity contribution < 1.29 is 9.47 Å². The molecule has 0 heterocycles. The Balaban J connectivity index is 2.48. The molecule has 0 spiro atoms. The predicted molar refractivity (Wildman–Crippen MR) is 70.5 cm³/mol. The Bertz CT molecular complexity index is 342. The molecule has 4 nitrogen and oxygen atoms in total. The minimum Gasteiger partial charge on any atom is -0.495 e. The molecule has 0 aromatic heterocycles. The lowest BCUT2D eigenvalue weighted by molar-refractivity contribution is 0.196. The van der Waals surface area contributed by atoms with Gasteiger partial charge in [-0.2, -0.15) is 0 Å². The van der Waals surface area contributed by atoms with Crippen LogP contribution in [-0.2, 0) is 11.2 Å². The van der Waals surface area contributed by atoms with Crippen LogP contribution in [0.3, 0.4) is 0 Å². The number of nitrogens with two attached hydrogens (primary N) is 1. The molecule has 1 rings (SSSR count). The molecular weight excluding hydrogens is 216 g/mol.